The minimum absolute atomic E-state index is 0.257. The van der Waals surface area contributed by atoms with E-state index in [1.54, 1.807) is 0 Å². The van der Waals surface area contributed by atoms with Crippen molar-refractivity contribution >= 4 is 5.97 Å². The Kier molecular flexibility index (Phi) is 3.72. The molecular formula is C10H19NO2. The van der Waals surface area contributed by atoms with Crippen molar-refractivity contribution in [3.05, 3.63) is 0 Å². The zero-order valence-corrected chi connectivity index (χ0v) is 8.49. The summed E-state index contributed by atoms with van der Waals surface area (Å²) < 4.78 is 0. The van der Waals surface area contributed by atoms with E-state index in [1.165, 1.54) is 0 Å². The van der Waals surface area contributed by atoms with Crippen molar-refractivity contribution in [1.29, 1.82) is 0 Å². The minimum Gasteiger partial charge on any atom is -0.480 e. The van der Waals surface area contributed by atoms with Gasteiger partial charge in [0.25, 0.3) is 0 Å². The van der Waals surface area contributed by atoms with Gasteiger partial charge in [-0.05, 0) is 38.3 Å². The highest BCUT2D eigenvalue weighted by atomic mass is 16.4. The van der Waals surface area contributed by atoms with Gasteiger partial charge in [-0.1, -0.05) is 13.8 Å². The molecule has 3 heteroatoms. The molecule has 0 amide bonds. The van der Waals surface area contributed by atoms with Crippen LogP contribution in [0.5, 0.6) is 0 Å². The molecule has 76 valence electrons. The van der Waals surface area contributed by atoms with Crippen LogP contribution in [0, 0.1) is 5.92 Å². The Hall–Kier alpha value is -0.570. The van der Waals surface area contributed by atoms with Crippen LogP contribution in [0.25, 0.3) is 0 Å². The minimum atomic E-state index is -0.669. The molecule has 0 saturated carbocycles. The second-order valence-electron chi connectivity index (χ2n) is 3.98. The quantitative estimate of drug-likeness (QED) is 0.725. The SMILES string of the molecule is CC[C@H](C(=O)O)N1CCC(C)CC1. The average Bonchev–Trinajstić information content (AvgIpc) is 2.09. The van der Waals surface area contributed by atoms with E-state index in [1.807, 2.05) is 6.92 Å². The Morgan fingerprint density at radius 3 is 2.46 bits per heavy atom. The Balaban J connectivity index is 2.46. The fraction of sp³-hybridized carbons (Fsp3) is 0.900. The third-order valence-corrected chi connectivity index (χ3v) is 2.93. The summed E-state index contributed by atoms with van der Waals surface area (Å²) in [5, 5.41) is 8.95. The lowest BCUT2D eigenvalue weighted by atomic mass is 9.97. The van der Waals surface area contributed by atoms with Gasteiger partial charge in [0.05, 0.1) is 0 Å². The van der Waals surface area contributed by atoms with Gasteiger partial charge in [0.15, 0.2) is 0 Å². The largest absolute Gasteiger partial charge is 0.480 e. The number of carboxylic acids is 1. The van der Waals surface area contributed by atoms with Gasteiger partial charge in [-0.2, -0.15) is 0 Å². The highest BCUT2D eigenvalue weighted by Gasteiger charge is 2.26. The molecule has 1 N–H and O–H groups in total. The number of aliphatic carboxylic acids is 1. The summed E-state index contributed by atoms with van der Waals surface area (Å²) in [6.07, 6.45) is 3.00. The number of likely N-dealkylation sites (tertiary alicyclic amines) is 1. The summed E-state index contributed by atoms with van der Waals surface area (Å²) in [5.74, 6) is 0.0969. The summed E-state index contributed by atoms with van der Waals surface area (Å²) >= 11 is 0. The van der Waals surface area contributed by atoms with E-state index in [0.29, 0.717) is 6.42 Å². The molecule has 0 aliphatic carbocycles. The molecule has 0 aromatic heterocycles. The van der Waals surface area contributed by atoms with Crippen molar-refractivity contribution in [3.8, 4) is 0 Å². The van der Waals surface area contributed by atoms with Crippen molar-refractivity contribution in [1.82, 2.24) is 4.90 Å². The lowest BCUT2D eigenvalue weighted by Crippen LogP contribution is -2.44. The number of carboxylic acid groups (broad SMARTS) is 1. The second-order valence-corrected chi connectivity index (χ2v) is 3.98. The fourth-order valence-electron chi connectivity index (χ4n) is 1.93. The highest BCUT2D eigenvalue weighted by Crippen LogP contribution is 2.19. The molecular weight excluding hydrogens is 166 g/mol. The third-order valence-electron chi connectivity index (χ3n) is 2.93. The molecule has 1 aliphatic heterocycles. The van der Waals surface area contributed by atoms with Crippen molar-refractivity contribution in [2.75, 3.05) is 13.1 Å². The molecule has 0 spiro atoms. The summed E-state index contributed by atoms with van der Waals surface area (Å²) in [6, 6.07) is -0.257. The van der Waals surface area contributed by atoms with Crippen molar-refractivity contribution in [2.24, 2.45) is 5.92 Å². The van der Waals surface area contributed by atoms with Gasteiger partial charge < -0.3 is 5.11 Å². The molecule has 0 aromatic rings. The first-order chi connectivity index (χ1) is 6.15. The number of carbonyl (C=O) groups is 1. The lowest BCUT2D eigenvalue weighted by Gasteiger charge is -2.34. The number of hydrogen-bond donors (Lipinski definition) is 1. The predicted octanol–water partition coefficient (Wildman–Crippen LogP) is 1.58. The molecule has 1 atom stereocenters. The fourth-order valence-corrected chi connectivity index (χ4v) is 1.93. The summed E-state index contributed by atoms with van der Waals surface area (Å²) in [7, 11) is 0. The Morgan fingerprint density at radius 2 is 2.08 bits per heavy atom. The first-order valence-corrected chi connectivity index (χ1v) is 5.12. The van der Waals surface area contributed by atoms with Gasteiger partial charge in [-0.3, -0.25) is 9.69 Å². The van der Waals surface area contributed by atoms with Crippen molar-refractivity contribution < 1.29 is 9.90 Å². The van der Waals surface area contributed by atoms with Crippen LogP contribution in [-0.2, 0) is 4.79 Å². The molecule has 1 aliphatic rings. The number of rotatable bonds is 3. The summed E-state index contributed by atoms with van der Waals surface area (Å²) in [4.78, 5) is 13.0. The molecule has 1 heterocycles. The number of nitrogens with zero attached hydrogens (tertiary/aromatic N) is 1. The van der Waals surface area contributed by atoms with E-state index in [9.17, 15) is 4.79 Å². The summed E-state index contributed by atoms with van der Waals surface area (Å²) in [5.41, 5.74) is 0. The van der Waals surface area contributed by atoms with Crippen LogP contribution in [-0.4, -0.2) is 35.1 Å². The van der Waals surface area contributed by atoms with Crippen LogP contribution < -0.4 is 0 Å². The van der Waals surface area contributed by atoms with Gasteiger partial charge in [0, 0.05) is 0 Å². The van der Waals surface area contributed by atoms with Crippen LogP contribution in [0.4, 0.5) is 0 Å². The topological polar surface area (TPSA) is 40.5 Å². The Labute approximate surface area is 79.7 Å². The molecule has 1 rings (SSSR count). The molecule has 0 bridgehead atoms. The molecule has 0 radical (unpaired) electrons. The van der Waals surface area contributed by atoms with E-state index < -0.39 is 5.97 Å². The van der Waals surface area contributed by atoms with Crippen molar-refractivity contribution in [3.63, 3.8) is 0 Å². The maximum atomic E-state index is 10.9. The lowest BCUT2D eigenvalue weighted by molar-refractivity contribution is -0.144. The van der Waals surface area contributed by atoms with Crippen LogP contribution in [0.15, 0.2) is 0 Å². The summed E-state index contributed by atoms with van der Waals surface area (Å²) in [6.45, 7) is 6.08. The molecule has 3 nitrogen and oxygen atoms in total. The standard InChI is InChI=1S/C10H19NO2/c1-3-9(10(12)13)11-6-4-8(2)5-7-11/h8-9H,3-7H2,1-2H3,(H,12,13)/t9-/m1/s1. The van der Waals surface area contributed by atoms with Gasteiger partial charge >= 0.3 is 5.97 Å². The first-order valence-electron chi connectivity index (χ1n) is 5.12. The molecule has 13 heavy (non-hydrogen) atoms. The van der Waals surface area contributed by atoms with Crippen LogP contribution in [0.2, 0.25) is 0 Å². The molecule has 0 aromatic carbocycles. The maximum absolute atomic E-state index is 10.9. The van der Waals surface area contributed by atoms with Gasteiger partial charge in [0.1, 0.15) is 6.04 Å². The predicted molar refractivity (Wildman–Crippen MR) is 51.7 cm³/mol. The molecule has 0 unspecified atom stereocenters. The van der Waals surface area contributed by atoms with Gasteiger partial charge in [-0.25, -0.2) is 0 Å². The molecule has 1 fully saturated rings. The van der Waals surface area contributed by atoms with E-state index in [0.717, 1.165) is 31.8 Å². The first kappa shape index (κ1) is 10.5. The van der Waals surface area contributed by atoms with Crippen LogP contribution in [0.1, 0.15) is 33.1 Å². The Bertz CT molecular complexity index is 174. The normalized spacial score (nSPS) is 22.9. The maximum Gasteiger partial charge on any atom is 0.320 e. The van der Waals surface area contributed by atoms with Crippen LogP contribution >= 0.6 is 0 Å². The van der Waals surface area contributed by atoms with Crippen molar-refractivity contribution in [2.45, 2.75) is 39.2 Å². The van der Waals surface area contributed by atoms with E-state index in [2.05, 4.69) is 11.8 Å². The zero-order chi connectivity index (χ0) is 9.84. The number of piperidine rings is 1. The monoisotopic (exact) mass is 185 g/mol. The van der Waals surface area contributed by atoms with E-state index in [-0.39, 0.29) is 6.04 Å². The van der Waals surface area contributed by atoms with Gasteiger partial charge in [-0.15, -0.1) is 0 Å². The highest BCUT2D eigenvalue weighted by molar-refractivity contribution is 5.73. The Morgan fingerprint density at radius 1 is 1.54 bits per heavy atom. The smallest absolute Gasteiger partial charge is 0.320 e. The van der Waals surface area contributed by atoms with E-state index >= 15 is 0 Å². The second kappa shape index (κ2) is 4.61. The zero-order valence-electron chi connectivity index (χ0n) is 8.49. The van der Waals surface area contributed by atoms with Gasteiger partial charge in [0.2, 0.25) is 0 Å². The third kappa shape index (κ3) is 2.69. The van der Waals surface area contributed by atoms with E-state index in [4.69, 9.17) is 5.11 Å². The van der Waals surface area contributed by atoms with Crippen LogP contribution in [0.3, 0.4) is 0 Å². The molecule has 1 saturated heterocycles. The average molecular weight is 185 g/mol. The number of hydrogen-bond acceptors (Lipinski definition) is 2.